The first-order valence-electron chi connectivity index (χ1n) is 6.98. The zero-order chi connectivity index (χ0) is 14.9. The lowest BCUT2D eigenvalue weighted by atomic mass is 10.0. The number of nitrogens with zero attached hydrogens (tertiary/aromatic N) is 3. The molecule has 0 bridgehead atoms. The number of imidazole rings is 1. The highest BCUT2D eigenvalue weighted by atomic mass is 19.1. The first-order valence-corrected chi connectivity index (χ1v) is 6.98. The number of fused-ring (bicyclic) bond motifs is 1. The van der Waals surface area contributed by atoms with Crippen LogP contribution < -0.4 is 5.73 Å². The van der Waals surface area contributed by atoms with Crippen LogP contribution in [-0.4, -0.2) is 35.1 Å². The number of benzene rings is 1. The molecule has 0 aliphatic rings. The molecule has 1 aromatic heterocycles. The van der Waals surface area contributed by atoms with Crippen molar-refractivity contribution in [2.45, 2.75) is 26.4 Å². The second-order valence-corrected chi connectivity index (χ2v) is 5.70. The molecule has 1 aromatic carbocycles. The van der Waals surface area contributed by atoms with Gasteiger partial charge in [-0.15, -0.1) is 0 Å². The van der Waals surface area contributed by atoms with E-state index in [4.69, 9.17) is 5.73 Å². The van der Waals surface area contributed by atoms with Crippen LogP contribution in [0.1, 0.15) is 25.7 Å². The van der Waals surface area contributed by atoms with Crippen LogP contribution in [0, 0.1) is 11.7 Å². The Morgan fingerprint density at radius 1 is 1.35 bits per heavy atom. The summed E-state index contributed by atoms with van der Waals surface area (Å²) in [5.41, 5.74) is 7.36. The molecule has 0 aliphatic heterocycles. The number of hydrogen-bond acceptors (Lipinski definition) is 3. The Bertz CT molecular complexity index is 581. The summed E-state index contributed by atoms with van der Waals surface area (Å²) in [6.07, 6.45) is 0. The topological polar surface area (TPSA) is 47.1 Å². The summed E-state index contributed by atoms with van der Waals surface area (Å²) in [5.74, 6) is 1.10. The van der Waals surface area contributed by atoms with E-state index >= 15 is 0 Å². The Kier molecular flexibility index (Phi) is 4.40. The van der Waals surface area contributed by atoms with Gasteiger partial charge in [-0.2, -0.15) is 0 Å². The van der Waals surface area contributed by atoms with Gasteiger partial charge in [0.25, 0.3) is 0 Å². The number of hydrogen-bond donors (Lipinski definition) is 1. The molecule has 1 heterocycles. The fourth-order valence-corrected chi connectivity index (χ4v) is 2.84. The number of rotatable bonds is 5. The molecule has 0 radical (unpaired) electrons. The molecule has 2 aromatic rings. The van der Waals surface area contributed by atoms with Crippen LogP contribution in [0.2, 0.25) is 0 Å². The second-order valence-electron chi connectivity index (χ2n) is 5.70. The first-order chi connectivity index (χ1) is 9.45. The molecular weight excluding hydrogens is 255 g/mol. The maximum absolute atomic E-state index is 13.4. The van der Waals surface area contributed by atoms with Crippen molar-refractivity contribution in [3.05, 3.63) is 29.8 Å². The molecule has 1 atom stereocenters. The van der Waals surface area contributed by atoms with E-state index in [1.165, 1.54) is 12.1 Å². The highest BCUT2D eigenvalue weighted by Crippen LogP contribution is 2.29. The van der Waals surface area contributed by atoms with Crippen LogP contribution in [0.25, 0.3) is 11.0 Å². The van der Waals surface area contributed by atoms with E-state index in [1.807, 2.05) is 14.1 Å². The Morgan fingerprint density at radius 3 is 2.60 bits per heavy atom. The fourth-order valence-electron chi connectivity index (χ4n) is 2.84. The van der Waals surface area contributed by atoms with Crippen molar-refractivity contribution in [2.24, 2.45) is 11.7 Å². The maximum Gasteiger partial charge on any atom is 0.127 e. The molecule has 2 N–H and O–H groups in total. The van der Waals surface area contributed by atoms with E-state index in [-0.39, 0.29) is 11.9 Å². The monoisotopic (exact) mass is 278 g/mol. The fraction of sp³-hybridized carbons (Fsp3) is 0.533. The van der Waals surface area contributed by atoms with Crippen molar-refractivity contribution in [3.8, 4) is 0 Å². The van der Waals surface area contributed by atoms with E-state index in [9.17, 15) is 4.39 Å². The van der Waals surface area contributed by atoms with Gasteiger partial charge >= 0.3 is 0 Å². The van der Waals surface area contributed by atoms with E-state index < -0.39 is 0 Å². The summed E-state index contributed by atoms with van der Waals surface area (Å²) in [4.78, 5) is 6.81. The van der Waals surface area contributed by atoms with Crippen LogP contribution in [0.3, 0.4) is 0 Å². The summed E-state index contributed by atoms with van der Waals surface area (Å²) in [7, 11) is 4.08. The predicted molar refractivity (Wildman–Crippen MR) is 80.0 cm³/mol. The van der Waals surface area contributed by atoms with Crippen LogP contribution in [0.15, 0.2) is 18.2 Å². The third kappa shape index (κ3) is 2.69. The Morgan fingerprint density at radius 2 is 2.05 bits per heavy atom. The van der Waals surface area contributed by atoms with Crippen molar-refractivity contribution in [2.75, 3.05) is 20.6 Å². The molecule has 20 heavy (non-hydrogen) atoms. The standard InChI is InChI=1S/C15H23FN4/c1-10(2)14(19(3)4)15-18-12-9-11(16)5-6-13(12)20(15)8-7-17/h5-6,9-10,14H,7-8,17H2,1-4H3. The van der Waals surface area contributed by atoms with Gasteiger partial charge in [0.15, 0.2) is 0 Å². The Hall–Kier alpha value is -1.46. The molecular formula is C15H23FN4. The lowest BCUT2D eigenvalue weighted by Gasteiger charge is -2.28. The predicted octanol–water partition coefficient (Wildman–Crippen LogP) is 2.39. The average Bonchev–Trinajstić information content (AvgIpc) is 2.67. The summed E-state index contributed by atoms with van der Waals surface area (Å²) in [6.45, 7) is 5.55. The summed E-state index contributed by atoms with van der Waals surface area (Å²) in [6, 6.07) is 4.92. The van der Waals surface area contributed by atoms with Crippen molar-refractivity contribution < 1.29 is 4.39 Å². The minimum atomic E-state index is -0.257. The third-order valence-electron chi connectivity index (χ3n) is 3.54. The largest absolute Gasteiger partial charge is 0.329 e. The van der Waals surface area contributed by atoms with Gasteiger partial charge in [0.1, 0.15) is 11.6 Å². The van der Waals surface area contributed by atoms with Crippen LogP contribution in [0.5, 0.6) is 0 Å². The van der Waals surface area contributed by atoms with Gasteiger partial charge in [-0.3, -0.25) is 4.90 Å². The third-order valence-corrected chi connectivity index (χ3v) is 3.54. The Balaban J connectivity index is 2.63. The molecule has 2 rings (SSSR count). The van der Waals surface area contributed by atoms with Crippen LogP contribution in [0.4, 0.5) is 4.39 Å². The summed E-state index contributed by atoms with van der Waals surface area (Å²) >= 11 is 0. The van der Waals surface area contributed by atoms with Crippen molar-refractivity contribution in [1.82, 2.24) is 14.5 Å². The minimum Gasteiger partial charge on any atom is -0.329 e. The Labute approximate surface area is 119 Å². The van der Waals surface area contributed by atoms with E-state index in [2.05, 4.69) is 28.3 Å². The lowest BCUT2D eigenvalue weighted by Crippen LogP contribution is -2.28. The van der Waals surface area contributed by atoms with Crippen LogP contribution in [-0.2, 0) is 6.54 Å². The van der Waals surface area contributed by atoms with Gasteiger partial charge in [-0.1, -0.05) is 13.8 Å². The number of aromatic nitrogens is 2. The molecule has 5 heteroatoms. The minimum absolute atomic E-state index is 0.178. The molecule has 1 unspecified atom stereocenters. The van der Waals surface area contributed by atoms with E-state index in [0.717, 1.165) is 11.3 Å². The molecule has 0 amide bonds. The van der Waals surface area contributed by atoms with Gasteiger partial charge in [0.2, 0.25) is 0 Å². The molecule has 0 saturated carbocycles. The summed E-state index contributed by atoms with van der Waals surface area (Å²) in [5, 5.41) is 0. The van der Waals surface area contributed by atoms with Crippen molar-refractivity contribution in [3.63, 3.8) is 0 Å². The van der Waals surface area contributed by atoms with Crippen LogP contribution >= 0.6 is 0 Å². The summed E-state index contributed by atoms with van der Waals surface area (Å²) < 4.78 is 15.5. The van der Waals surface area contributed by atoms with E-state index in [0.29, 0.717) is 24.5 Å². The average molecular weight is 278 g/mol. The lowest BCUT2D eigenvalue weighted by molar-refractivity contribution is 0.219. The van der Waals surface area contributed by atoms with Crippen molar-refractivity contribution in [1.29, 1.82) is 0 Å². The maximum atomic E-state index is 13.4. The zero-order valence-electron chi connectivity index (χ0n) is 12.6. The molecule has 4 nitrogen and oxygen atoms in total. The SMILES string of the molecule is CC(C)C(c1nc2cc(F)ccc2n1CCN)N(C)C. The van der Waals surface area contributed by atoms with Gasteiger partial charge in [-0.05, 0) is 32.1 Å². The van der Waals surface area contributed by atoms with Gasteiger partial charge in [-0.25, -0.2) is 9.37 Å². The molecule has 0 fully saturated rings. The second kappa shape index (κ2) is 5.89. The normalized spacial score (nSPS) is 13.6. The zero-order valence-corrected chi connectivity index (χ0v) is 12.6. The number of halogens is 1. The number of nitrogens with two attached hydrogens (primary N) is 1. The van der Waals surface area contributed by atoms with Gasteiger partial charge in [0.05, 0.1) is 17.1 Å². The first kappa shape index (κ1) is 14.9. The van der Waals surface area contributed by atoms with Crippen molar-refractivity contribution >= 4 is 11.0 Å². The molecule has 0 spiro atoms. The molecule has 0 saturated heterocycles. The molecule has 110 valence electrons. The highest BCUT2D eigenvalue weighted by molar-refractivity contribution is 5.76. The smallest absolute Gasteiger partial charge is 0.127 e. The van der Waals surface area contributed by atoms with Gasteiger partial charge < -0.3 is 10.3 Å². The van der Waals surface area contributed by atoms with E-state index in [1.54, 1.807) is 6.07 Å². The highest BCUT2D eigenvalue weighted by Gasteiger charge is 2.24. The molecule has 0 aliphatic carbocycles. The van der Waals surface area contributed by atoms with Gasteiger partial charge in [0, 0.05) is 19.2 Å². The quantitative estimate of drug-likeness (QED) is 0.913.